The van der Waals surface area contributed by atoms with E-state index < -0.39 is 23.3 Å². The molecule has 1 saturated heterocycles. The Morgan fingerprint density at radius 3 is 2.79 bits per heavy atom. The van der Waals surface area contributed by atoms with Crippen molar-refractivity contribution in [2.75, 3.05) is 26.9 Å². The average Bonchev–Trinajstić information content (AvgIpc) is 2.99. The van der Waals surface area contributed by atoms with E-state index in [9.17, 15) is 14.4 Å². The van der Waals surface area contributed by atoms with Crippen LogP contribution in [-0.4, -0.2) is 55.3 Å². The Kier molecular flexibility index (Phi) is 5.75. The highest BCUT2D eigenvalue weighted by Gasteiger charge is 2.38. The van der Waals surface area contributed by atoms with E-state index in [0.29, 0.717) is 24.3 Å². The number of aliphatic carboxylic acids is 1. The molecule has 0 spiro atoms. The number of hydrogen-bond acceptors (Lipinski definition) is 5. The number of hydrogen-bond donors (Lipinski definition) is 3. The lowest BCUT2D eigenvalue weighted by molar-refractivity contribution is -0.139. The zero-order valence-corrected chi connectivity index (χ0v) is 13.3. The van der Waals surface area contributed by atoms with Gasteiger partial charge in [-0.25, -0.2) is 0 Å². The van der Waals surface area contributed by atoms with E-state index in [4.69, 9.17) is 14.6 Å². The number of ether oxygens (including phenoxy) is 2. The Labute approximate surface area is 139 Å². The van der Waals surface area contributed by atoms with Gasteiger partial charge in [0.1, 0.15) is 5.75 Å². The van der Waals surface area contributed by atoms with Crippen molar-refractivity contribution in [2.24, 2.45) is 0 Å². The molecule has 1 fully saturated rings. The van der Waals surface area contributed by atoms with Crippen LogP contribution in [0.3, 0.4) is 0 Å². The largest absolute Gasteiger partial charge is 0.497 e. The minimum Gasteiger partial charge on any atom is -0.497 e. The summed E-state index contributed by atoms with van der Waals surface area (Å²) < 4.78 is 10.2. The predicted octanol–water partition coefficient (Wildman–Crippen LogP) is 0.175. The topological polar surface area (TPSA) is 114 Å². The van der Waals surface area contributed by atoms with Gasteiger partial charge in [-0.3, -0.25) is 14.4 Å². The maximum Gasteiger partial charge on any atom is 0.305 e. The molecular formula is C16H20N2O6. The first kappa shape index (κ1) is 17.7. The molecule has 0 saturated carbocycles. The highest BCUT2D eigenvalue weighted by molar-refractivity contribution is 5.96. The van der Waals surface area contributed by atoms with E-state index in [-0.39, 0.29) is 19.6 Å². The van der Waals surface area contributed by atoms with E-state index in [1.807, 2.05) is 0 Å². The fraction of sp³-hybridized carbons (Fsp3) is 0.438. The van der Waals surface area contributed by atoms with Gasteiger partial charge in [-0.1, -0.05) is 6.07 Å². The second-order valence-corrected chi connectivity index (χ2v) is 5.62. The van der Waals surface area contributed by atoms with E-state index >= 15 is 0 Å². The third kappa shape index (κ3) is 4.69. The fourth-order valence-electron chi connectivity index (χ4n) is 2.55. The standard InChI is InChI=1S/C16H20N2O6/c1-23-12-4-2-3-11(7-12)15(22)17-9-13(19)18-16(8-14(20)21)5-6-24-10-16/h2-4,7H,5-6,8-10H2,1H3,(H,17,22)(H,18,19)(H,20,21). The van der Waals surface area contributed by atoms with Crippen LogP contribution < -0.4 is 15.4 Å². The Morgan fingerprint density at radius 1 is 1.38 bits per heavy atom. The molecule has 1 unspecified atom stereocenters. The highest BCUT2D eigenvalue weighted by atomic mass is 16.5. The molecule has 0 radical (unpaired) electrons. The van der Waals surface area contributed by atoms with Gasteiger partial charge in [0.2, 0.25) is 5.91 Å². The quantitative estimate of drug-likeness (QED) is 0.654. The summed E-state index contributed by atoms with van der Waals surface area (Å²) in [5.41, 5.74) is -0.546. The molecule has 2 amide bonds. The summed E-state index contributed by atoms with van der Waals surface area (Å²) in [7, 11) is 1.50. The molecule has 3 N–H and O–H groups in total. The summed E-state index contributed by atoms with van der Waals surface area (Å²) in [6.07, 6.45) is 0.206. The minimum absolute atomic E-state index is 0.148. The first-order chi connectivity index (χ1) is 11.4. The van der Waals surface area contributed by atoms with Crippen molar-refractivity contribution in [3.05, 3.63) is 29.8 Å². The monoisotopic (exact) mass is 336 g/mol. The van der Waals surface area contributed by atoms with Crippen LogP contribution in [0.25, 0.3) is 0 Å². The number of amides is 2. The Bertz CT molecular complexity index is 625. The lowest BCUT2D eigenvalue weighted by atomic mass is 9.94. The summed E-state index contributed by atoms with van der Waals surface area (Å²) in [6, 6.07) is 6.54. The van der Waals surface area contributed by atoms with Gasteiger partial charge in [0, 0.05) is 12.2 Å². The molecular weight excluding hydrogens is 316 g/mol. The maximum absolute atomic E-state index is 12.0. The molecule has 8 heteroatoms. The van der Waals surface area contributed by atoms with Crippen LogP contribution in [0.2, 0.25) is 0 Å². The van der Waals surface area contributed by atoms with E-state index in [2.05, 4.69) is 10.6 Å². The number of methoxy groups -OCH3 is 1. The van der Waals surface area contributed by atoms with Gasteiger partial charge >= 0.3 is 5.97 Å². The number of nitrogens with one attached hydrogen (secondary N) is 2. The highest BCUT2D eigenvalue weighted by Crippen LogP contribution is 2.22. The lowest BCUT2D eigenvalue weighted by Crippen LogP contribution is -2.53. The van der Waals surface area contributed by atoms with Crippen molar-refractivity contribution in [3.8, 4) is 5.75 Å². The molecule has 1 heterocycles. The summed E-state index contributed by atoms with van der Waals surface area (Å²) in [6.45, 7) is 0.288. The predicted molar refractivity (Wildman–Crippen MR) is 83.9 cm³/mol. The SMILES string of the molecule is COc1cccc(C(=O)NCC(=O)NC2(CC(=O)O)CCOC2)c1. The van der Waals surface area contributed by atoms with Gasteiger partial charge in [0.15, 0.2) is 0 Å². The smallest absolute Gasteiger partial charge is 0.305 e. The van der Waals surface area contributed by atoms with Crippen LogP contribution in [0.1, 0.15) is 23.2 Å². The molecule has 0 bridgehead atoms. The van der Waals surface area contributed by atoms with Crippen LogP contribution in [0.15, 0.2) is 24.3 Å². The number of carbonyl (C=O) groups is 3. The van der Waals surface area contributed by atoms with E-state index in [0.717, 1.165) is 0 Å². The molecule has 1 aromatic carbocycles. The van der Waals surface area contributed by atoms with Crippen LogP contribution in [-0.2, 0) is 14.3 Å². The third-order valence-corrected chi connectivity index (χ3v) is 3.74. The molecule has 0 aromatic heterocycles. The molecule has 1 aromatic rings. The number of carboxylic acid groups (broad SMARTS) is 1. The van der Waals surface area contributed by atoms with Gasteiger partial charge in [0.25, 0.3) is 5.91 Å². The van der Waals surface area contributed by atoms with Gasteiger partial charge < -0.3 is 25.2 Å². The van der Waals surface area contributed by atoms with Crippen molar-refractivity contribution >= 4 is 17.8 Å². The van der Waals surface area contributed by atoms with E-state index in [1.54, 1.807) is 24.3 Å². The van der Waals surface area contributed by atoms with Crippen LogP contribution in [0.4, 0.5) is 0 Å². The second kappa shape index (κ2) is 7.78. The number of carbonyl (C=O) groups excluding carboxylic acids is 2. The van der Waals surface area contributed by atoms with Crippen molar-refractivity contribution in [2.45, 2.75) is 18.4 Å². The molecule has 8 nitrogen and oxygen atoms in total. The van der Waals surface area contributed by atoms with Crippen molar-refractivity contribution in [1.29, 1.82) is 0 Å². The number of carboxylic acids is 1. The first-order valence-corrected chi connectivity index (χ1v) is 7.47. The third-order valence-electron chi connectivity index (χ3n) is 3.74. The van der Waals surface area contributed by atoms with Gasteiger partial charge in [-0.15, -0.1) is 0 Å². The number of benzene rings is 1. The Hall–Kier alpha value is -2.61. The van der Waals surface area contributed by atoms with Crippen molar-refractivity contribution < 1.29 is 29.0 Å². The van der Waals surface area contributed by atoms with E-state index in [1.165, 1.54) is 7.11 Å². The molecule has 1 aliphatic rings. The van der Waals surface area contributed by atoms with Crippen molar-refractivity contribution in [1.82, 2.24) is 10.6 Å². The van der Waals surface area contributed by atoms with Gasteiger partial charge in [-0.05, 0) is 24.6 Å². The lowest BCUT2D eigenvalue weighted by Gasteiger charge is -2.27. The second-order valence-electron chi connectivity index (χ2n) is 5.62. The molecule has 1 atom stereocenters. The van der Waals surface area contributed by atoms with Gasteiger partial charge in [-0.2, -0.15) is 0 Å². The minimum atomic E-state index is -1.01. The zero-order chi connectivity index (χ0) is 17.6. The summed E-state index contributed by atoms with van der Waals surface area (Å²) in [5, 5.41) is 14.1. The maximum atomic E-state index is 12.0. The Morgan fingerprint density at radius 2 is 2.17 bits per heavy atom. The number of rotatable bonds is 7. The van der Waals surface area contributed by atoms with Crippen molar-refractivity contribution in [3.63, 3.8) is 0 Å². The van der Waals surface area contributed by atoms with Crippen LogP contribution >= 0.6 is 0 Å². The summed E-state index contributed by atoms with van der Waals surface area (Å²) in [4.78, 5) is 35.1. The molecule has 130 valence electrons. The molecule has 24 heavy (non-hydrogen) atoms. The van der Waals surface area contributed by atoms with Crippen LogP contribution in [0, 0.1) is 0 Å². The van der Waals surface area contributed by atoms with Crippen LogP contribution in [0.5, 0.6) is 5.75 Å². The normalized spacial score (nSPS) is 19.5. The average molecular weight is 336 g/mol. The summed E-state index contributed by atoms with van der Waals surface area (Å²) >= 11 is 0. The first-order valence-electron chi connectivity index (χ1n) is 7.47. The van der Waals surface area contributed by atoms with Gasteiger partial charge in [0.05, 0.1) is 32.2 Å². The molecule has 1 aliphatic heterocycles. The fourth-order valence-corrected chi connectivity index (χ4v) is 2.55. The Balaban J connectivity index is 1.89. The summed E-state index contributed by atoms with van der Waals surface area (Å²) in [5.74, 6) is -1.35. The molecule has 2 rings (SSSR count). The zero-order valence-electron chi connectivity index (χ0n) is 13.3. The molecule has 0 aliphatic carbocycles.